The Morgan fingerprint density at radius 3 is 2.39 bits per heavy atom. The third-order valence-corrected chi connectivity index (χ3v) is 5.10. The lowest BCUT2D eigenvalue weighted by molar-refractivity contribution is -0.384. The summed E-state index contributed by atoms with van der Waals surface area (Å²) in [5.74, 6) is -0.346. The highest BCUT2D eigenvalue weighted by atomic mass is 16.6. The number of non-ortho nitro benzene ring substituents is 1. The van der Waals surface area contributed by atoms with Gasteiger partial charge in [0.05, 0.1) is 27.8 Å². The van der Waals surface area contributed by atoms with Gasteiger partial charge >= 0.3 is 0 Å². The number of nitrogens with zero attached hydrogens (tertiary/aromatic N) is 6. The molecule has 0 bridgehead atoms. The predicted octanol–water partition coefficient (Wildman–Crippen LogP) is 2.79. The van der Waals surface area contributed by atoms with Crippen molar-refractivity contribution in [3.05, 3.63) is 76.1 Å². The molecule has 1 fully saturated rings. The van der Waals surface area contributed by atoms with Crippen molar-refractivity contribution >= 4 is 34.4 Å². The lowest BCUT2D eigenvalue weighted by Crippen LogP contribution is -2.49. The Labute approximate surface area is 178 Å². The maximum absolute atomic E-state index is 12.9. The molecule has 0 atom stereocenters. The van der Waals surface area contributed by atoms with Crippen molar-refractivity contribution in [1.82, 2.24) is 14.9 Å². The van der Waals surface area contributed by atoms with Crippen LogP contribution in [-0.2, 0) is 4.79 Å². The SMILES string of the molecule is N#C/C(=C\c1cnc2ccccc2n1)C(=O)N1CCN(c2ccc([N+](=O)[O-])cc2)CC1. The third-order valence-electron chi connectivity index (χ3n) is 5.10. The first kappa shape index (κ1) is 20.0. The van der Waals surface area contributed by atoms with Gasteiger partial charge in [0, 0.05) is 44.0 Å². The lowest BCUT2D eigenvalue weighted by atomic mass is 10.1. The number of nitro benzene ring substituents is 1. The van der Waals surface area contributed by atoms with E-state index >= 15 is 0 Å². The molecule has 2 heterocycles. The van der Waals surface area contributed by atoms with Gasteiger partial charge in [0.15, 0.2) is 0 Å². The number of hydrogen-bond acceptors (Lipinski definition) is 7. The molecular formula is C22H18N6O3. The summed E-state index contributed by atoms with van der Waals surface area (Å²) in [6, 6.07) is 15.7. The van der Waals surface area contributed by atoms with Crippen LogP contribution in [-0.4, -0.2) is 51.9 Å². The van der Waals surface area contributed by atoms with E-state index < -0.39 is 4.92 Å². The summed E-state index contributed by atoms with van der Waals surface area (Å²) in [4.78, 5) is 35.7. The van der Waals surface area contributed by atoms with Crippen LogP contribution in [0, 0.1) is 21.4 Å². The molecule has 9 heteroatoms. The van der Waals surface area contributed by atoms with Gasteiger partial charge in [-0.1, -0.05) is 12.1 Å². The van der Waals surface area contributed by atoms with E-state index in [1.165, 1.54) is 18.2 Å². The molecule has 0 unspecified atom stereocenters. The van der Waals surface area contributed by atoms with Gasteiger partial charge in [0.2, 0.25) is 0 Å². The Balaban J connectivity index is 1.44. The van der Waals surface area contributed by atoms with Crippen LogP contribution < -0.4 is 4.90 Å². The second-order valence-electron chi connectivity index (χ2n) is 7.01. The molecule has 1 amide bonds. The van der Waals surface area contributed by atoms with E-state index in [1.807, 2.05) is 30.3 Å². The minimum atomic E-state index is -0.434. The van der Waals surface area contributed by atoms with Crippen molar-refractivity contribution in [3.8, 4) is 6.07 Å². The molecule has 154 valence electrons. The molecule has 3 aromatic rings. The monoisotopic (exact) mass is 414 g/mol. The second-order valence-corrected chi connectivity index (χ2v) is 7.01. The summed E-state index contributed by atoms with van der Waals surface area (Å²) in [6.07, 6.45) is 3.00. The van der Waals surface area contributed by atoms with Crippen molar-refractivity contribution in [3.63, 3.8) is 0 Å². The number of para-hydroxylation sites is 2. The Morgan fingerprint density at radius 2 is 1.74 bits per heavy atom. The first-order valence-corrected chi connectivity index (χ1v) is 9.67. The number of anilines is 1. The summed E-state index contributed by atoms with van der Waals surface area (Å²) in [6.45, 7) is 2.02. The number of nitriles is 1. The molecule has 9 nitrogen and oxygen atoms in total. The number of fused-ring (bicyclic) bond motifs is 1. The number of benzene rings is 2. The molecule has 1 aromatic heterocycles. The average molecular weight is 414 g/mol. The summed E-state index contributed by atoms with van der Waals surface area (Å²) < 4.78 is 0. The van der Waals surface area contributed by atoms with Gasteiger partial charge in [-0.15, -0.1) is 0 Å². The Bertz CT molecular complexity index is 1210. The molecule has 0 saturated carbocycles. The topological polar surface area (TPSA) is 116 Å². The van der Waals surface area contributed by atoms with Crippen LogP contribution in [0.2, 0.25) is 0 Å². The van der Waals surface area contributed by atoms with Gasteiger partial charge in [0.1, 0.15) is 11.6 Å². The van der Waals surface area contributed by atoms with Gasteiger partial charge in [0.25, 0.3) is 11.6 Å². The fourth-order valence-electron chi connectivity index (χ4n) is 3.45. The molecule has 31 heavy (non-hydrogen) atoms. The zero-order chi connectivity index (χ0) is 21.8. The number of nitro groups is 1. The molecule has 2 aromatic carbocycles. The molecule has 0 spiro atoms. The Hall–Kier alpha value is -4.32. The van der Waals surface area contributed by atoms with Crippen LogP contribution >= 0.6 is 0 Å². The molecule has 0 radical (unpaired) electrons. The van der Waals surface area contributed by atoms with Crippen molar-refractivity contribution < 1.29 is 9.72 Å². The number of aromatic nitrogens is 2. The minimum absolute atomic E-state index is 0.00775. The number of hydrogen-bond donors (Lipinski definition) is 0. The third kappa shape index (κ3) is 4.33. The highest BCUT2D eigenvalue weighted by Crippen LogP contribution is 2.21. The fraction of sp³-hybridized carbons (Fsp3) is 0.182. The number of carbonyl (C=O) groups is 1. The van der Waals surface area contributed by atoms with Crippen LogP contribution in [0.15, 0.2) is 60.3 Å². The standard InChI is InChI=1S/C22H18N6O3/c23-14-16(13-17-15-24-20-3-1-2-4-21(20)25-17)22(29)27-11-9-26(10-12-27)18-5-7-19(8-6-18)28(30)31/h1-8,13,15H,9-12H2/b16-13+. The molecule has 4 rings (SSSR count). The van der Waals surface area contributed by atoms with E-state index in [-0.39, 0.29) is 17.2 Å². The zero-order valence-electron chi connectivity index (χ0n) is 16.5. The summed E-state index contributed by atoms with van der Waals surface area (Å²) in [5.41, 5.74) is 2.80. The fourth-order valence-corrected chi connectivity index (χ4v) is 3.45. The van der Waals surface area contributed by atoms with E-state index in [9.17, 15) is 20.2 Å². The van der Waals surface area contributed by atoms with Crippen LogP contribution in [0.25, 0.3) is 17.1 Å². The van der Waals surface area contributed by atoms with Crippen molar-refractivity contribution in [2.75, 3.05) is 31.1 Å². The first-order chi connectivity index (χ1) is 15.0. The maximum atomic E-state index is 12.9. The maximum Gasteiger partial charge on any atom is 0.269 e. The summed E-state index contributed by atoms with van der Waals surface area (Å²) >= 11 is 0. The largest absolute Gasteiger partial charge is 0.368 e. The van der Waals surface area contributed by atoms with E-state index in [1.54, 1.807) is 23.2 Å². The Kier molecular flexibility index (Phi) is 5.53. The summed E-state index contributed by atoms with van der Waals surface area (Å²) in [5, 5.41) is 20.3. The van der Waals surface area contributed by atoms with Crippen molar-refractivity contribution in [2.24, 2.45) is 0 Å². The second kappa shape index (κ2) is 8.59. The lowest BCUT2D eigenvalue weighted by Gasteiger charge is -2.36. The number of carbonyl (C=O) groups excluding carboxylic acids is 1. The molecule has 1 aliphatic heterocycles. The van der Waals surface area contributed by atoms with E-state index in [0.29, 0.717) is 37.4 Å². The van der Waals surface area contributed by atoms with Crippen LogP contribution in [0.5, 0.6) is 0 Å². The number of piperazine rings is 1. The minimum Gasteiger partial charge on any atom is -0.368 e. The predicted molar refractivity (Wildman–Crippen MR) is 115 cm³/mol. The van der Waals surface area contributed by atoms with Gasteiger partial charge in [-0.05, 0) is 30.3 Å². The summed E-state index contributed by atoms with van der Waals surface area (Å²) in [7, 11) is 0. The number of rotatable bonds is 4. The highest BCUT2D eigenvalue weighted by Gasteiger charge is 2.24. The molecule has 1 aliphatic rings. The van der Waals surface area contributed by atoms with Crippen molar-refractivity contribution in [1.29, 1.82) is 5.26 Å². The Morgan fingerprint density at radius 1 is 1.06 bits per heavy atom. The van der Waals surface area contributed by atoms with Gasteiger partial charge < -0.3 is 9.80 Å². The van der Waals surface area contributed by atoms with Crippen molar-refractivity contribution in [2.45, 2.75) is 0 Å². The highest BCUT2D eigenvalue weighted by molar-refractivity contribution is 6.01. The van der Waals surface area contributed by atoms with Gasteiger partial charge in [-0.25, -0.2) is 4.98 Å². The quantitative estimate of drug-likeness (QED) is 0.279. The van der Waals surface area contributed by atoms with E-state index in [4.69, 9.17) is 0 Å². The normalized spacial score (nSPS) is 14.4. The van der Waals surface area contributed by atoms with Gasteiger partial charge in [-0.3, -0.25) is 19.9 Å². The van der Waals surface area contributed by atoms with E-state index in [2.05, 4.69) is 14.9 Å². The number of amides is 1. The smallest absolute Gasteiger partial charge is 0.269 e. The molecular weight excluding hydrogens is 396 g/mol. The van der Waals surface area contributed by atoms with Crippen LogP contribution in [0.4, 0.5) is 11.4 Å². The van der Waals surface area contributed by atoms with E-state index in [0.717, 1.165) is 11.2 Å². The molecule has 1 saturated heterocycles. The molecule has 0 aliphatic carbocycles. The average Bonchev–Trinajstić information content (AvgIpc) is 2.82. The van der Waals surface area contributed by atoms with Crippen LogP contribution in [0.1, 0.15) is 5.69 Å². The zero-order valence-corrected chi connectivity index (χ0v) is 16.5. The van der Waals surface area contributed by atoms with Crippen LogP contribution in [0.3, 0.4) is 0 Å². The van der Waals surface area contributed by atoms with Gasteiger partial charge in [-0.2, -0.15) is 5.26 Å². The first-order valence-electron chi connectivity index (χ1n) is 9.67. The molecule has 0 N–H and O–H groups in total.